The van der Waals surface area contributed by atoms with Gasteiger partial charge in [0.05, 0.1) is 17.4 Å². The third-order valence-corrected chi connectivity index (χ3v) is 3.85. The summed E-state index contributed by atoms with van der Waals surface area (Å²) in [7, 11) is 0. The Balaban J connectivity index is 2.07. The second kappa shape index (κ2) is 5.58. The van der Waals surface area contributed by atoms with Gasteiger partial charge in [0.15, 0.2) is 0 Å². The van der Waals surface area contributed by atoms with Gasteiger partial charge in [-0.3, -0.25) is 9.69 Å². The summed E-state index contributed by atoms with van der Waals surface area (Å²) in [5, 5.41) is 0.288. The molecule has 2 heterocycles. The van der Waals surface area contributed by atoms with Gasteiger partial charge < -0.3 is 10.6 Å². The topological polar surface area (TPSA) is 62.5 Å². The summed E-state index contributed by atoms with van der Waals surface area (Å²) in [6.07, 6.45) is 1.43. The molecular formula is C14H21ClN4O. The number of anilines is 1. The molecule has 2 N–H and O–H groups in total. The minimum absolute atomic E-state index is 0.0691. The van der Waals surface area contributed by atoms with E-state index in [0.717, 1.165) is 13.1 Å². The summed E-state index contributed by atoms with van der Waals surface area (Å²) in [6, 6.07) is 1.54. The molecule has 1 aromatic rings. The lowest BCUT2D eigenvalue weighted by Crippen LogP contribution is -2.54. The van der Waals surface area contributed by atoms with Gasteiger partial charge in [-0.15, -0.1) is 0 Å². The van der Waals surface area contributed by atoms with Gasteiger partial charge in [0.2, 0.25) is 0 Å². The van der Waals surface area contributed by atoms with Gasteiger partial charge in [-0.25, -0.2) is 4.98 Å². The van der Waals surface area contributed by atoms with Crippen LogP contribution in [0.4, 0.5) is 5.69 Å². The van der Waals surface area contributed by atoms with Crippen LogP contribution in [0.5, 0.6) is 0 Å². The molecule has 0 spiro atoms. The van der Waals surface area contributed by atoms with Gasteiger partial charge in [-0.1, -0.05) is 11.6 Å². The maximum absolute atomic E-state index is 12.5. The van der Waals surface area contributed by atoms with Crippen LogP contribution in [0.25, 0.3) is 0 Å². The summed E-state index contributed by atoms with van der Waals surface area (Å²) in [5.74, 6) is -0.0691. The van der Waals surface area contributed by atoms with Gasteiger partial charge in [0, 0.05) is 31.7 Å². The van der Waals surface area contributed by atoms with Crippen LogP contribution in [0.15, 0.2) is 12.3 Å². The van der Waals surface area contributed by atoms with Gasteiger partial charge in [0.1, 0.15) is 5.15 Å². The normalized spacial score (nSPS) is 17.3. The van der Waals surface area contributed by atoms with E-state index in [9.17, 15) is 4.79 Å². The molecule has 0 bridgehead atoms. The first-order valence-electron chi connectivity index (χ1n) is 6.74. The molecule has 0 aromatic carbocycles. The fourth-order valence-electron chi connectivity index (χ4n) is 2.38. The number of nitrogen functional groups attached to an aromatic ring is 1. The molecule has 6 heteroatoms. The molecule has 0 radical (unpaired) electrons. The van der Waals surface area contributed by atoms with E-state index >= 15 is 0 Å². The lowest BCUT2D eigenvalue weighted by Gasteiger charge is -2.42. The smallest absolute Gasteiger partial charge is 0.256 e. The van der Waals surface area contributed by atoms with Crippen molar-refractivity contribution in [2.45, 2.75) is 26.3 Å². The van der Waals surface area contributed by atoms with Gasteiger partial charge >= 0.3 is 0 Å². The van der Waals surface area contributed by atoms with E-state index < -0.39 is 0 Å². The Hall–Kier alpha value is -1.33. The number of carbonyl (C=O) groups excluding carboxylic acids is 1. The zero-order valence-electron chi connectivity index (χ0n) is 12.2. The van der Waals surface area contributed by atoms with Crippen molar-refractivity contribution in [3.05, 3.63) is 23.0 Å². The molecule has 110 valence electrons. The quantitative estimate of drug-likeness (QED) is 0.804. The Morgan fingerprint density at radius 2 is 1.90 bits per heavy atom. The molecule has 1 aliphatic heterocycles. The molecule has 1 saturated heterocycles. The molecule has 1 amide bonds. The highest BCUT2D eigenvalue weighted by atomic mass is 35.5. The lowest BCUT2D eigenvalue weighted by atomic mass is 10.0. The first kappa shape index (κ1) is 15.1. The number of piperazine rings is 1. The predicted octanol–water partition coefficient (Wildman–Crippen LogP) is 1.87. The number of hydrogen-bond donors (Lipinski definition) is 1. The number of carbonyl (C=O) groups is 1. The highest BCUT2D eigenvalue weighted by molar-refractivity contribution is 6.29. The second-order valence-corrected chi connectivity index (χ2v) is 6.43. The molecule has 20 heavy (non-hydrogen) atoms. The number of hydrogen-bond acceptors (Lipinski definition) is 4. The summed E-state index contributed by atoms with van der Waals surface area (Å²) < 4.78 is 0. The van der Waals surface area contributed by atoms with Crippen molar-refractivity contribution in [1.82, 2.24) is 14.8 Å². The van der Waals surface area contributed by atoms with E-state index in [1.165, 1.54) is 12.3 Å². The molecule has 2 rings (SSSR count). The molecule has 1 aliphatic rings. The minimum atomic E-state index is -0.0691. The van der Waals surface area contributed by atoms with Crippen molar-refractivity contribution in [3.63, 3.8) is 0 Å². The maximum atomic E-state index is 12.5. The highest BCUT2D eigenvalue weighted by Crippen LogP contribution is 2.20. The largest absolute Gasteiger partial charge is 0.397 e. The van der Waals surface area contributed by atoms with Crippen LogP contribution in [0.3, 0.4) is 0 Å². The van der Waals surface area contributed by atoms with E-state index in [2.05, 4.69) is 30.7 Å². The van der Waals surface area contributed by atoms with E-state index in [0.29, 0.717) is 24.3 Å². The number of nitrogens with two attached hydrogens (primary N) is 1. The molecule has 0 saturated carbocycles. The summed E-state index contributed by atoms with van der Waals surface area (Å²) in [5.41, 5.74) is 6.76. The summed E-state index contributed by atoms with van der Waals surface area (Å²) in [4.78, 5) is 20.5. The van der Waals surface area contributed by atoms with Crippen LogP contribution in [-0.2, 0) is 0 Å². The first-order chi connectivity index (χ1) is 9.29. The molecule has 0 atom stereocenters. The molecule has 5 nitrogen and oxygen atoms in total. The molecule has 0 aliphatic carbocycles. The number of halogens is 1. The standard InChI is InChI=1S/C14H21ClN4O/c1-14(2,3)19-6-4-18(5-7-19)13(20)10-8-12(15)17-9-11(10)16/h8-9H,4-7,16H2,1-3H3. The zero-order chi connectivity index (χ0) is 14.9. The van der Waals surface area contributed by atoms with Crippen LogP contribution in [0.2, 0.25) is 5.15 Å². The average molecular weight is 297 g/mol. The molecule has 1 fully saturated rings. The third kappa shape index (κ3) is 3.22. The number of pyridine rings is 1. The van der Waals surface area contributed by atoms with E-state index in [1.807, 2.05) is 4.90 Å². The van der Waals surface area contributed by atoms with Crippen molar-refractivity contribution < 1.29 is 4.79 Å². The molecule has 0 unspecified atom stereocenters. The lowest BCUT2D eigenvalue weighted by molar-refractivity contribution is 0.0452. The van der Waals surface area contributed by atoms with E-state index in [4.69, 9.17) is 17.3 Å². The van der Waals surface area contributed by atoms with Crippen molar-refractivity contribution in [1.29, 1.82) is 0 Å². The maximum Gasteiger partial charge on any atom is 0.256 e. The Morgan fingerprint density at radius 3 is 2.45 bits per heavy atom. The second-order valence-electron chi connectivity index (χ2n) is 6.04. The molecule has 1 aromatic heterocycles. The number of nitrogens with zero attached hydrogens (tertiary/aromatic N) is 3. The molecular weight excluding hydrogens is 276 g/mol. The number of rotatable bonds is 1. The van der Waals surface area contributed by atoms with Gasteiger partial charge in [0.25, 0.3) is 5.91 Å². The van der Waals surface area contributed by atoms with Crippen LogP contribution in [0, 0.1) is 0 Å². The SMILES string of the molecule is CC(C)(C)N1CCN(C(=O)c2cc(Cl)ncc2N)CC1. The Kier molecular flexibility index (Phi) is 4.20. The fraction of sp³-hybridized carbons (Fsp3) is 0.571. The fourth-order valence-corrected chi connectivity index (χ4v) is 2.53. The van der Waals surface area contributed by atoms with Crippen LogP contribution < -0.4 is 5.73 Å². The number of aromatic nitrogens is 1. The van der Waals surface area contributed by atoms with Gasteiger partial charge in [-0.05, 0) is 26.8 Å². The van der Waals surface area contributed by atoms with Crippen molar-refractivity contribution >= 4 is 23.2 Å². The van der Waals surface area contributed by atoms with Crippen molar-refractivity contribution in [2.24, 2.45) is 0 Å². The zero-order valence-corrected chi connectivity index (χ0v) is 12.9. The Morgan fingerprint density at radius 1 is 1.30 bits per heavy atom. The third-order valence-electron chi connectivity index (χ3n) is 3.65. The first-order valence-corrected chi connectivity index (χ1v) is 7.12. The monoisotopic (exact) mass is 296 g/mol. The summed E-state index contributed by atoms with van der Waals surface area (Å²) >= 11 is 5.84. The van der Waals surface area contributed by atoms with Crippen LogP contribution in [-0.4, -0.2) is 52.4 Å². The minimum Gasteiger partial charge on any atom is -0.397 e. The average Bonchev–Trinajstić information content (AvgIpc) is 2.40. The van der Waals surface area contributed by atoms with Crippen LogP contribution in [0.1, 0.15) is 31.1 Å². The Bertz CT molecular complexity index is 504. The Labute approximate surface area is 124 Å². The van der Waals surface area contributed by atoms with E-state index in [1.54, 1.807) is 0 Å². The van der Waals surface area contributed by atoms with Crippen LogP contribution >= 0.6 is 11.6 Å². The highest BCUT2D eigenvalue weighted by Gasteiger charge is 2.28. The predicted molar refractivity (Wildman–Crippen MR) is 80.9 cm³/mol. The number of amides is 1. The van der Waals surface area contributed by atoms with Gasteiger partial charge in [-0.2, -0.15) is 0 Å². The van der Waals surface area contributed by atoms with E-state index in [-0.39, 0.29) is 16.6 Å². The van der Waals surface area contributed by atoms with Crippen molar-refractivity contribution in [2.75, 3.05) is 31.9 Å². The van der Waals surface area contributed by atoms with Crippen molar-refractivity contribution in [3.8, 4) is 0 Å². The summed E-state index contributed by atoms with van der Waals surface area (Å²) in [6.45, 7) is 9.70.